The maximum atomic E-state index is 2.61. The third kappa shape index (κ3) is 5.25. The van der Waals surface area contributed by atoms with Gasteiger partial charge in [-0.05, 0) is 66.3 Å². The summed E-state index contributed by atoms with van der Waals surface area (Å²) in [6.07, 6.45) is 2.69. The quantitative estimate of drug-likeness (QED) is 0.719. The van der Waals surface area contributed by atoms with E-state index in [4.69, 9.17) is 0 Å². The van der Waals surface area contributed by atoms with E-state index in [-0.39, 0.29) is 0 Å². The van der Waals surface area contributed by atoms with Crippen LogP contribution in [-0.2, 0) is 0 Å². The Bertz CT molecular complexity index is 230. The fourth-order valence-electron chi connectivity index (χ4n) is 2.84. The Hall–Kier alpha value is -0.120. The van der Waals surface area contributed by atoms with E-state index in [9.17, 15) is 0 Å². The molecule has 0 aliphatic carbocycles. The molecule has 1 aliphatic heterocycles. The van der Waals surface area contributed by atoms with Crippen LogP contribution in [0, 0.1) is 5.41 Å². The maximum Gasteiger partial charge on any atom is 0.0106 e. The lowest BCUT2D eigenvalue weighted by Crippen LogP contribution is -2.46. The average molecular weight is 255 g/mol. The Labute approximate surface area is 114 Å². The lowest BCUT2D eigenvalue weighted by atomic mass is 9.79. The van der Waals surface area contributed by atoms with E-state index in [0.717, 1.165) is 6.54 Å². The Morgan fingerprint density at radius 3 is 2.06 bits per heavy atom. The molecule has 0 spiro atoms. The zero-order chi connectivity index (χ0) is 13.8. The minimum atomic E-state index is 0.520. The van der Waals surface area contributed by atoms with Crippen LogP contribution in [0.4, 0.5) is 0 Å². The van der Waals surface area contributed by atoms with E-state index < -0.39 is 0 Å². The first kappa shape index (κ1) is 15.9. The second kappa shape index (κ2) is 6.88. The van der Waals surface area contributed by atoms with Crippen LogP contribution in [0.25, 0.3) is 0 Å². The summed E-state index contributed by atoms with van der Waals surface area (Å²) in [5.74, 6) is 0. The van der Waals surface area contributed by atoms with E-state index in [1.54, 1.807) is 0 Å². The van der Waals surface area contributed by atoms with Gasteiger partial charge in [0.15, 0.2) is 0 Å². The van der Waals surface area contributed by atoms with Gasteiger partial charge in [0.1, 0.15) is 0 Å². The highest BCUT2D eigenvalue weighted by Crippen LogP contribution is 2.32. The highest BCUT2D eigenvalue weighted by Gasteiger charge is 2.31. The SMILES string of the molecule is CC(C)N1CCC(C)(CN(C)CCN(C)C)CC1. The molecule has 1 fully saturated rings. The fraction of sp³-hybridized carbons (Fsp3) is 1.00. The molecule has 0 saturated carbocycles. The molecular weight excluding hydrogens is 222 g/mol. The van der Waals surface area contributed by atoms with E-state index in [0.29, 0.717) is 11.5 Å². The van der Waals surface area contributed by atoms with Gasteiger partial charge in [0.05, 0.1) is 0 Å². The average Bonchev–Trinajstić information content (AvgIpc) is 2.26. The Kier molecular flexibility index (Phi) is 6.09. The highest BCUT2D eigenvalue weighted by atomic mass is 15.2. The number of hydrogen-bond donors (Lipinski definition) is 0. The van der Waals surface area contributed by atoms with E-state index >= 15 is 0 Å². The Morgan fingerprint density at radius 2 is 1.61 bits per heavy atom. The smallest absolute Gasteiger partial charge is 0.0106 e. The Morgan fingerprint density at radius 1 is 1.06 bits per heavy atom. The number of likely N-dealkylation sites (N-methyl/N-ethyl adjacent to an activating group) is 2. The summed E-state index contributed by atoms with van der Waals surface area (Å²) >= 11 is 0. The fourth-order valence-corrected chi connectivity index (χ4v) is 2.84. The molecule has 0 aromatic rings. The number of hydrogen-bond acceptors (Lipinski definition) is 3. The second-order valence-corrected chi connectivity index (χ2v) is 6.98. The van der Waals surface area contributed by atoms with Crippen molar-refractivity contribution in [2.24, 2.45) is 5.41 Å². The first-order valence-electron chi connectivity index (χ1n) is 7.40. The molecule has 3 heteroatoms. The third-order valence-corrected chi connectivity index (χ3v) is 4.32. The normalized spacial score (nSPS) is 21.2. The Balaban J connectivity index is 2.33. The van der Waals surface area contributed by atoms with Gasteiger partial charge in [-0.25, -0.2) is 0 Å². The molecule has 0 atom stereocenters. The molecule has 1 heterocycles. The molecule has 0 aromatic carbocycles. The van der Waals surface area contributed by atoms with E-state index in [1.807, 2.05) is 0 Å². The minimum Gasteiger partial charge on any atom is -0.308 e. The van der Waals surface area contributed by atoms with Gasteiger partial charge in [0.25, 0.3) is 0 Å². The van der Waals surface area contributed by atoms with Gasteiger partial charge >= 0.3 is 0 Å². The maximum absolute atomic E-state index is 2.61. The summed E-state index contributed by atoms with van der Waals surface area (Å²) in [4.78, 5) is 7.38. The molecule has 1 rings (SSSR count). The zero-order valence-electron chi connectivity index (χ0n) is 13.4. The third-order valence-electron chi connectivity index (χ3n) is 4.32. The minimum absolute atomic E-state index is 0.520. The summed E-state index contributed by atoms with van der Waals surface area (Å²) in [6.45, 7) is 13.2. The molecule has 3 nitrogen and oxygen atoms in total. The van der Waals surface area contributed by atoms with Crippen LogP contribution >= 0.6 is 0 Å². The van der Waals surface area contributed by atoms with Crippen LogP contribution in [0.3, 0.4) is 0 Å². The van der Waals surface area contributed by atoms with Crippen molar-refractivity contribution in [3.05, 3.63) is 0 Å². The molecule has 0 N–H and O–H groups in total. The van der Waals surface area contributed by atoms with Crippen molar-refractivity contribution in [1.82, 2.24) is 14.7 Å². The van der Waals surface area contributed by atoms with Crippen molar-refractivity contribution >= 4 is 0 Å². The monoisotopic (exact) mass is 255 g/mol. The lowest BCUT2D eigenvalue weighted by molar-refractivity contribution is 0.0668. The van der Waals surface area contributed by atoms with Crippen LogP contribution in [0.5, 0.6) is 0 Å². The summed E-state index contributed by atoms with van der Waals surface area (Å²) in [6, 6.07) is 0.709. The van der Waals surface area contributed by atoms with E-state index in [1.165, 1.54) is 39.0 Å². The standard InChI is InChI=1S/C15H33N3/c1-14(2)18-9-7-15(3,8-10-18)13-17(6)12-11-16(4)5/h14H,7-13H2,1-6H3. The lowest BCUT2D eigenvalue weighted by Gasteiger charge is -2.43. The molecule has 108 valence electrons. The first-order chi connectivity index (χ1) is 8.32. The number of likely N-dealkylation sites (tertiary alicyclic amines) is 1. The van der Waals surface area contributed by atoms with Gasteiger partial charge in [0, 0.05) is 25.7 Å². The molecule has 0 radical (unpaired) electrons. The van der Waals surface area contributed by atoms with Gasteiger partial charge in [-0.2, -0.15) is 0 Å². The summed E-state index contributed by atoms with van der Waals surface area (Å²) in [5.41, 5.74) is 0.520. The zero-order valence-corrected chi connectivity index (χ0v) is 13.4. The number of rotatable bonds is 6. The van der Waals surface area contributed by atoms with Crippen LogP contribution < -0.4 is 0 Å². The highest BCUT2D eigenvalue weighted by molar-refractivity contribution is 4.85. The topological polar surface area (TPSA) is 9.72 Å². The van der Waals surface area contributed by atoms with Gasteiger partial charge in [-0.1, -0.05) is 6.92 Å². The van der Waals surface area contributed by atoms with E-state index in [2.05, 4.69) is 56.6 Å². The predicted octanol–water partition coefficient (Wildman–Crippen LogP) is 1.99. The summed E-state index contributed by atoms with van der Waals surface area (Å²) in [5, 5.41) is 0. The first-order valence-corrected chi connectivity index (χ1v) is 7.40. The van der Waals surface area contributed by atoms with Crippen molar-refractivity contribution in [2.75, 3.05) is 53.9 Å². The van der Waals surface area contributed by atoms with Gasteiger partial charge in [0.2, 0.25) is 0 Å². The summed E-state index contributed by atoms with van der Waals surface area (Å²) < 4.78 is 0. The molecule has 0 amide bonds. The van der Waals surface area contributed by atoms with Crippen LogP contribution in [0.2, 0.25) is 0 Å². The van der Waals surface area contributed by atoms with Gasteiger partial charge < -0.3 is 14.7 Å². The predicted molar refractivity (Wildman–Crippen MR) is 80.1 cm³/mol. The molecule has 1 saturated heterocycles. The van der Waals surface area contributed by atoms with Crippen molar-refractivity contribution in [3.8, 4) is 0 Å². The molecule has 0 aromatic heterocycles. The van der Waals surface area contributed by atoms with Crippen molar-refractivity contribution in [3.63, 3.8) is 0 Å². The molecule has 18 heavy (non-hydrogen) atoms. The van der Waals surface area contributed by atoms with Crippen molar-refractivity contribution < 1.29 is 0 Å². The molecule has 1 aliphatic rings. The number of piperidine rings is 1. The van der Waals surface area contributed by atoms with Crippen molar-refractivity contribution in [2.45, 2.75) is 39.7 Å². The molecular formula is C15H33N3. The van der Waals surface area contributed by atoms with Crippen LogP contribution in [0.1, 0.15) is 33.6 Å². The van der Waals surface area contributed by atoms with Gasteiger partial charge in [-0.15, -0.1) is 0 Å². The van der Waals surface area contributed by atoms with Crippen LogP contribution in [0.15, 0.2) is 0 Å². The number of nitrogens with zero attached hydrogens (tertiary/aromatic N) is 3. The molecule has 0 bridgehead atoms. The largest absolute Gasteiger partial charge is 0.308 e. The van der Waals surface area contributed by atoms with Crippen molar-refractivity contribution in [1.29, 1.82) is 0 Å². The molecule has 0 unspecified atom stereocenters. The van der Waals surface area contributed by atoms with Crippen LogP contribution in [-0.4, -0.2) is 74.6 Å². The summed E-state index contributed by atoms with van der Waals surface area (Å²) in [7, 11) is 6.57. The second-order valence-electron chi connectivity index (χ2n) is 6.98. The van der Waals surface area contributed by atoms with Gasteiger partial charge in [-0.3, -0.25) is 0 Å².